The first-order chi connectivity index (χ1) is 14.3. The fraction of sp³-hybridized carbons (Fsp3) is 0.381. The van der Waals surface area contributed by atoms with Crippen LogP contribution in [0.25, 0.3) is 0 Å². The Labute approximate surface area is 182 Å². The van der Waals surface area contributed by atoms with Crippen molar-refractivity contribution in [1.29, 1.82) is 0 Å². The van der Waals surface area contributed by atoms with Crippen LogP contribution in [0.5, 0.6) is 11.5 Å². The molecular weight excluding hydrogens is 454 g/mol. The van der Waals surface area contributed by atoms with E-state index in [1.165, 1.54) is 7.11 Å². The van der Waals surface area contributed by atoms with Gasteiger partial charge in [-0.1, -0.05) is 18.2 Å². The zero-order valence-corrected chi connectivity index (χ0v) is 18.4. The summed E-state index contributed by atoms with van der Waals surface area (Å²) < 4.78 is 11.8. The summed E-state index contributed by atoms with van der Waals surface area (Å²) in [5.74, 6) is 0.0425. The summed E-state index contributed by atoms with van der Waals surface area (Å²) in [6.07, 6.45) is 0. The number of hydrogen-bond donors (Lipinski definition) is 2. The molecule has 1 amide bonds. The van der Waals surface area contributed by atoms with Gasteiger partial charge in [0.05, 0.1) is 24.1 Å². The first-order valence-corrected chi connectivity index (χ1v) is 10.5. The number of halogens is 1. The second-order valence-corrected chi connectivity index (χ2v) is 8.32. The molecule has 0 bridgehead atoms. The van der Waals surface area contributed by atoms with Gasteiger partial charge < -0.3 is 14.8 Å². The predicted molar refractivity (Wildman–Crippen MR) is 115 cm³/mol. The van der Waals surface area contributed by atoms with E-state index in [9.17, 15) is 14.9 Å². The molecule has 30 heavy (non-hydrogen) atoms. The number of carbonyl (C=O) groups excluding carboxylic acids is 1. The van der Waals surface area contributed by atoms with Crippen molar-refractivity contribution in [2.45, 2.75) is 37.4 Å². The molecule has 2 N–H and O–H groups in total. The Balaban J connectivity index is 1.87. The molecule has 8 nitrogen and oxygen atoms in total. The number of benzene rings is 2. The summed E-state index contributed by atoms with van der Waals surface area (Å²) in [5.41, 5.74) is 0.448. The fourth-order valence-corrected chi connectivity index (χ4v) is 5.34. The highest BCUT2D eigenvalue weighted by atomic mass is 79.9. The van der Waals surface area contributed by atoms with Gasteiger partial charge in [-0.2, -0.15) is 0 Å². The van der Waals surface area contributed by atoms with Crippen LogP contribution in [0.1, 0.15) is 30.9 Å². The lowest BCUT2D eigenvalue weighted by Crippen LogP contribution is -2.54. The maximum Gasteiger partial charge on any atom is 0.256 e. The van der Waals surface area contributed by atoms with E-state index in [2.05, 4.69) is 26.6 Å². The summed E-state index contributed by atoms with van der Waals surface area (Å²) >= 11 is 3.50. The van der Waals surface area contributed by atoms with Crippen LogP contribution in [0.2, 0.25) is 0 Å². The minimum atomic E-state index is -1.44. The maximum atomic E-state index is 13.1. The number of nitrogens with zero attached hydrogens (tertiary/aromatic N) is 1. The molecule has 0 aromatic heterocycles. The van der Waals surface area contributed by atoms with Gasteiger partial charge in [-0.3, -0.25) is 20.2 Å². The number of fused-ring (bicyclic) bond motifs is 2. The lowest BCUT2D eigenvalue weighted by atomic mass is 9.78. The van der Waals surface area contributed by atoms with E-state index in [1.807, 2.05) is 19.9 Å². The molecule has 0 saturated carbocycles. The van der Waals surface area contributed by atoms with E-state index in [1.54, 1.807) is 30.3 Å². The van der Waals surface area contributed by atoms with Gasteiger partial charge in [0.25, 0.3) is 11.9 Å². The van der Waals surface area contributed by atoms with Gasteiger partial charge in [0, 0.05) is 22.2 Å². The summed E-state index contributed by atoms with van der Waals surface area (Å²) in [4.78, 5) is 25.1. The maximum absolute atomic E-state index is 13.1. The van der Waals surface area contributed by atoms with Crippen molar-refractivity contribution in [3.8, 4) is 11.5 Å². The Morgan fingerprint density at radius 1 is 1.30 bits per heavy atom. The van der Waals surface area contributed by atoms with E-state index in [-0.39, 0.29) is 11.0 Å². The van der Waals surface area contributed by atoms with Crippen LogP contribution >= 0.6 is 15.9 Å². The zero-order chi connectivity index (χ0) is 21.6. The average molecular weight is 476 g/mol. The van der Waals surface area contributed by atoms with Crippen LogP contribution in [0.15, 0.2) is 40.9 Å². The second-order valence-electron chi connectivity index (χ2n) is 7.46. The lowest BCUT2D eigenvalue weighted by molar-refractivity contribution is -0.532. The Hall–Kier alpha value is -2.65. The number of carbonyl (C=O) groups is 1. The standard InChI is InChI=1S/C21H22BrN3O5/c1-4-30-18-14(22)9-12(10-16(18)29-3)17-11(2)24-21(19(17)25(27)28)13-7-5-6-8-15(13)23-20(21)26/h5-11,17,19,24H,4H2,1-3H3,(H,23,26)/t11-,17-,19-,21-/m0/s1. The number of amides is 1. The number of nitrogens with one attached hydrogen (secondary N) is 2. The van der Waals surface area contributed by atoms with E-state index < -0.39 is 23.4 Å². The molecule has 1 saturated heterocycles. The minimum Gasteiger partial charge on any atom is -0.493 e. The predicted octanol–water partition coefficient (Wildman–Crippen LogP) is 3.42. The first kappa shape index (κ1) is 20.6. The normalized spacial score (nSPS) is 27.1. The van der Waals surface area contributed by atoms with Crippen LogP contribution in [-0.4, -0.2) is 36.6 Å². The van der Waals surface area contributed by atoms with Crippen molar-refractivity contribution in [3.63, 3.8) is 0 Å². The molecule has 158 valence electrons. The minimum absolute atomic E-state index is 0.341. The largest absolute Gasteiger partial charge is 0.493 e. The molecule has 4 atom stereocenters. The Bertz CT molecular complexity index is 1030. The Kier molecular flexibility index (Phi) is 5.19. The van der Waals surface area contributed by atoms with Crippen LogP contribution in [-0.2, 0) is 10.3 Å². The molecule has 9 heteroatoms. The van der Waals surface area contributed by atoms with Gasteiger partial charge in [-0.05, 0) is 53.5 Å². The van der Waals surface area contributed by atoms with Crippen molar-refractivity contribution >= 4 is 27.5 Å². The molecule has 2 aromatic carbocycles. The van der Waals surface area contributed by atoms with E-state index in [0.717, 1.165) is 0 Å². The van der Waals surface area contributed by atoms with E-state index in [0.29, 0.717) is 39.4 Å². The molecule has 4 rings (SSSR count). The highest BCUT2D eigenvalue weighted by Crippen LogP contribution is 2.51. The van der Waals surface area contributed by atoms with E-state index in [4.69, 9.17) is 9.47 Å². The van der Waals surface area contributed by atoms with Crippen LogP contribution in [0, 0.1) is 10.1 Å². The van der Waals surface area contributed by atoms with Crippen molar-refractivity contribution in [2.75, 3.05) is 19.0 Å². The SMILES string of the molecule is CCOc1c(Br)cc([C@@H]2[C@H](C)N[C@]3(C(=O)Nc4ccccc43)[C@H]2[N+](=O)[O-])cc1OC. The molecule has 1 fully saturated rings. The molecule has 2 aliphatic rings. The summed E-state index contributed by atoms with van der Waals surface area (Å²) in [5, 5.41) is 18.5. The summed E-state index contributed by atoms with van der Waals surface area (Å²) in [6.45, 7) is 4.18. The average Bonchev–Trinajstić information content (AvgIpc) is 3.18. The number of ether oxygens (including phenoxy) is 2. The molecule has 2 aromatic rings. The van der Waals surface area contributed by atoms with Crippen LogP contribution < -0.4 is 20.1 Å². The number of para-hydroxylation sites is 1. The van der Waals surface area contributed by atoms with Crippen LogP contribution in [0.3, 0.4) is 0 Å². The fourth-order valence-electron chi connectivity index (χ4n) is 4.77. The highest BCUT2D eigenvalue weighted by molar-refractivity contribution is 9.10. The van der Waals surface area contributed by atoms with Gasteiger partial charge >= 0.3 is 0 Å². The Morgan fingerprint density at radius 2 is 2.03 bits per heavy atom. The molecule has 1 spiro atoms. The molecular formula is C21H22BrN3O5. The van der Waals surface area contributed by atoms with Gasteiger partial charge in [-0.15, -0.1) is 0 Å². The van der Waals surface area contributed by atoms with Crippen molar-refractivity contribution in [2.24, 2.45) is 0 Å². The van der Waals surface area contributed by atoms with Crippen molar-refractivity contribution < 1.29 is 19.2 Å². The molecule has 0 radical (unpaired) electrons. The number of rotatable bonds is 5. The topological polar surface area (TPSA) is 103 Å². The molecule has 2 aliphatic heterocycles. The summed E-state index contributed by atoms with van der Waals surface area (Å²) in [6, 6.07) is 9.13. The summed E-state index contributed by atoms with van der Waals surface area (Å²) in [7, 11) is 1.53. The number of methoxy groups -OCH3 is 1. The smallest absolute Gasteiger partial charge is 0.256 e. The first-order valence-electron chi connectivity index (χ1n) is 9.67. The van der Waals surface area contributed by atoms with E-state index >= 15 is 0 Å². The third kappa shape index (κ3) is 2.87. The molecule has 0 aliphatic carbocycles. The molecule has 2 heterocycles. The quantitative estimate of drug-likeness (QED) is 0.507. The van der Waals surface area contributed by atoms with Gasteiger partial charge in [0.2, 0.25) is 0 Å². The number of nitro groups is 1. The second kappa shape index (κ2) is 7.55. The highest BCUT2D eigenvalue weighted by Gasteiger charge is 2.67. The van der Waals surface area contributed by atoms with Crippen LogP contribution in [0.4, 0.5) is 5.69 Å². The zero-order valence-electron chi connectivity index (χ0n) is 16.8. The Morgan fingerprint density at radius 3 is 2.70 bits per heavy atom. The third-order valence-electron chi connectivity index (χ3n) is 5.89. The third-order valence-corrected chi connectivity index (χ3v) is 6.48. The van der Waals surface area contributed by atoms with Gasteiger partial charge in [0.15, 0.2) is 17.0 Å². The number of hydrogen-bond acceptors (Lipinski definition) is 6. The van der Waals surface area contributed by atoms with Crippen molar-refractivity contribution in [3.05, 3.63) is 62.1 Å². The van der Waals surface area contributed by atoms with Gasteiger partial charge in [-0.25, -0.2) is 0 Å². The monoisotopic (exact) mass is 475 g/mol. The van der Waals surface area contributed by atoms with Crippen molar-refractivity contribution in [1.82, 2.24) is 5.32 Å². The van der Waals surface area contributed by atoms with Gasteiger partial charge in [0.1, 0.15) is 0 Å². The number of anilines is 1. The lowest BCUT2D eigenvalue weighted by Gasteiger charge is -2.25. The molecule has 0 unspecified atom stereocenters.